The summed E-state index contributed by atoms with van der Waals surface area (Å²) in [5.41, 5.74) is 0.164. The maximum atomic E-state index is 12.6. The molecule has 3 rings (SSSR count). The number of amides is 1. The molecule has 1 aromatic carbocycles. The van der Waals surface area contributed by atoms with E-state index in [4.69, 9.17) is 0 Å². The van der Waals surface area contributed by atoms with Crippen LogP contribution in [0.5, 0.6) is 0 Å². The van der Waals surface area contributed by atoms with Crippen LogP contribution in [0.15, 0.2) is 36.5 Å². The van der Waals surface area contributed by atoms with Crippen LogP contribution in [0.2, 0.25) is 0 Å². The molecular weight excluding hydrogens is 328 g/mol. The van der Waals surface area contributed by atoms with Crippen LogP contribution in [0, 0.1) is 10.1 Å². The van der Waals surface area contributed by atoms with Gasteiger partial charge in [-0.2, -0.15) is 5.10 Å². The van der Waals surface area contributed by atoms with E-state index in [0.29, 0.717) is 13.0 Å². The lowest BCUT2D eigenvalue weighted by Gasteiger charge is -2.32. The van der Waals surface area contributed by atoms with E-state index in [-0.39, 0.29) is 17.1 Å². The first-order valence-electron chi connectivity index (χ1n) is 7.82. The molecule has 25 heavy (non-hydrogen) atoms. The number of hydrogen-bond acceptors (Lipinski definition) is 5. The predicted octanol–water partition coefficient (Wildman–Crippen LogP) is 1.86. The van der Waals surface area contributed by atoms with E-state index in [2.05, 4.69) is 5.10 Å². The summed E-state index contributed by atoms with van der Waals surface area (Å²) in [7, 11) is 0. The van der Waals surface area contributed by atoms with Gasteiger partial charge >= 0.3 is 5.97 Å². The standard InChI is InChI=1S/C16H16N4O5/c21-15(18-9-4-3-7-14(18)16(22)23)11-8-10-19(17-11)12-5-1-2-6-13(12)20(24)25/h1-2,5-6,8,10,14H,3-4,7,9H2,(H,22,23). The molecule has 1 aliphatic rings. The number of piperidine rings is 1. The second kappa shape index (κ2) is 6.71. The van der Waals surface area contributed by atoms with Crippen LogP contribution in [0.1, 0.15) is 29.8 Å². The summed E-state index contributed by atoms with van der Waals surface area (Å²) >= 11 is 0. The van der Waals surface area contributed by atoms with Crippen molar-refractivity contribution in [1.82, 2.24) is 14.7 Å². The quantitative estimate of drug-likeness (QED) is 0.668. The Labute approximate surface area is 142 Å². The van der Waals surface area contributed by atoms with Crippen LogP contribution in [0.25, 0.3) is 5.69 Å². The minimum atomic E-state index is -1.04. The Morgan fingerprint density at radius 2 is 2.00 bits per heavy atom. The third-order valence-corrected chi connectivity index (χ3v) is 4.18. The molecule has 1 fully saturated rings. The van der Waals surface area contributed by atoms with Crippen LogP contribution in [0.4, 0.5) is 5.69 Å². The van der Waals surface area contributed by atoms with E-state index in [1.165, 1.54) is 34.0 Å². The van der Waals surface area contributed by atoms with Gasteiger partial charge in [-0.05, 0) is 31.4 Å². The molecule has 9 nitrogen and oxygen atoms in total. The third kappa shape index (κ3) is 3.21. The zero-order valence-corrected chi connectivity index (χ0v) is 13.2. The molecule has 9 heteroatoms. The maximum absolute atomic E-state index is 12.6. The van der Waals surface area contributed by atoms with Crippen molar-refractivity contribution in [2.75, 3.05) is 6.54 Å². The molecule has 1 saturated heterocycles. The molecule has 1 aliphatic heterocycles. The Kier molecular flexibility index (Phi) is 4.46. The Morgan fingerprint density at radius 1 is 1.24 bits per heavy atom. The van der Waals surface area contributed by atoms with E-state index >= 15 is 0 Å². The van der Waals surface area contributed by atoms with Crippen molar-refractivity contribution in [2.24, 2.45) is 0 Å². The van der Waals surface area contributed by atoms with Gasteiger partial charge in [0, 0.05) is 18.8 Å². The van der Waals surface area contributed by atoms with Gasteiger partial charge in [0.25, 0.3) is 11.6 Å². The largest absolute Gasteiger partial charge is 0.480 e. The van der Waals surface area contributed by atoms with E-state index in [1.54, 1.807) is 12.1 Å². The highest BCUT2D eigenvalue weighted by molar-refractivity contribution is 5.95. The number of para-hydroxylation sites is 2. The van der Waals surface area contributed by atoms with E-state index in [9.17, 15) is 24.8 Å². The minimum absolute atomic E-state index is 0.0614. The van der Waals surface area contributed by atoms with Gasteiger partial charge < -0.3 is 10.0 Å². The number of aliphatic carboxylic acids is 1. The zero-order chi connectivity index (χ0) is 18.0. The number of aromatic nitrogens is 2. The van der Waals surface area contributed by atoms with Gasteiger partial charge in [-0.15, -0.1) is 0 Å². The fraction of sp³-hybridized carbons (Fsp3) is 0.312. The zero-order valence-electron chi connectivity index (χ0n) is 13.2. The lowest BCUT2D eigenvalue weighted by molar-refractivity contribution is -0.384. The van der Waals surface area contributed by atoms with E-state index in [0.717, 1.165) is 12.8 Å². The van der Waals surface area contributed by atoms with Crippen molar-refractivity contribution in [3.8, 4) is 5.69 Å². The summed E-state index contributed by atoms with van der Waals surface area (Å²) < 4.78 is 1.26. The highest BCUT2D eigenvalue weighted by atomic mass is 16.6. The van der Waals surface area contributed by atoms with Crippen molar-refractivity contribution in [1.29, 1.82) is 0 Å². The van der Waals surface area contributed by atoms with Crippen LogP contribution in [0.3, 0.4) is 0 Å². The summed E-state index contributed by atoms with van der Waals surface area (Å²) in [5, 5.41) is 24.5. The number of carboxylic acid groups (broad SMARTS) is 1. The number of carbonyl (C=O) groups is 2. The molecule has 0 bridgehead atoms. The molecule has 2 aromatic rings. The first-order valence-corrected chi connectivity index (χ1v) is 7.82. The van der Waals surface area contributed by atoms with Crippen molar-refractivity contribution in [3.63, 3.8) is 0 Å². The number of carboxylic acids is 1. The number of benzene rings is 1. The van der Waals surface area contributed by atoms with Crippen LogP contribution in [-0.4, -0.2) is 49.2 Å². The van der Waals surface area contributed by atoms with Crippen LogP contribution in [-0.2, 0) is 4.79 Å². The average Bonchev–Trinajstić information content (AvgIpc) is 3.11. The van der Waals surface area contributed by atoms with Gasteiger partial charge in [0.05, 0.1) is 4.92 Å². The second-order valence-corrected chi connectivity index (χ2v) is 5.74. The summed E-state index contributed by atoms with van der Waals surface area (Å²) in [6, 6.07) is 6.63. The number of nitro benzene ring substituents is 1. The molecule has 1 aromatic heterocycles. The van der Waals surface area contributed by atoms with Crippen LogP contribution >= 0.6 is 0 Å². The van der Waals surface area contributed by atoms with Crippen molar-refractivity contribution >= 4 is 17.6 Å². The first-order chi connectivity index (χ1) is 12.0. The molecular formula is C16H16N4O5. The topological polar surface area (TPSA) is 119 Å². The summed E-state index contributed by atoms with van der Waals surface area (Å²) in [6.07, 6.45) is 3.35. The summed E-state index contributed by atoms with van der Waals surface area (Å²) in [5.74, 6) is -1.52. The highest BCUT2D eigenvalue weighted by Crippen LogP contribution is 2.23. The highest BCUT2D eigenvalue weighted by Gasteiger charge is 2.33. The second-order valence-electron chi connectivity index (χ2n) is 5.74. The van der Waals surface area contributed by atoms with Crippen LogP contribution < -0.4 is 0 Å². The van der Waals surface area contributed by atoms with Crippen molar-refractivity contribution in [3.05, 3.63) is 52.3 Å². The first kappa shape index (κ1) is 16.6. The monoisotopic (exact) mass is 344 g/mol. The fourth-order valence-corrected chi connectivity index (χ4v) is 2.96. The average molecular weight is 344 g/mol. The Hall–Kier alpha value is -3.23. The lowest BCUT2D eigenvalue weighted by atomic mass is 10.0. The SMILES string of the molecule is O=C(O)C1CCCCN1C(=O)c1ccn(-c2ccccc2[N+](=O)[O-])n1. The normalized spacial score (nSPS) is 17.3. The van der Waals surface area contributed by atoms with E-state index in [1.807, 2.05) is 0 Å². The molecule has 1 unspecified atom stereocenters. The number of nitro groups is 1. The van der Waals surface area contributed by atoms with Gasteiger partial charge in [0.15, 0.2) is 5.69 Å². The van der Waals surface area contributed by atoms with Gasteiger partial charge in [-0.1, -0.05) is 12.1 Å². The number of hydrogen-bond donors (Lipinski definition) is 1. The molecule has 1 N–H and O–H groups in total. The Balaban J connectivity index is 1.90. The van der Waals surface area contributed by atoms with Crippen molar-refractivity contribution in [2.45, 2.75) is 25.3 Å². The molecule has 0 radical (unpaired) electrons. The molecule has 1 amide bonds. The fourth-order valence-electron chi connectivity index (χ4n) is 2.96. The molecule has 0 aliphatic carbocycles. The predicted molar refractivity (Wildman–Crippen MR) is 86.5 cm³/mol. The molecule has 2 heterocycles. The van der Waals surface area contributed by atoms with Gasteiger partial charge in [-0.25, -0.2) is 9.48 Å². The minimum Gasteiger partial charge on any atom is -0.480 e. The van der Waals surface area contributed by atoms with Gasteiger partial charge in [-0.3, -0.25) is 14.9 Å². The lowest BCUT2D eigenvalue weighted by Crippen LogP contribution is -2.48. The Morgan fingerprint density at radius 3 is 2.72 bits per heavy atom. The summed E-state index contributed by atoms with van der Waals surface area (Å²) in [6.45, 7) is 0.355. The summed E-state index contributed by atoms with van der Waals surface area (Å²) in [4.78, 5) is 35.9. The molecule has 1 atom stereocenters. The smallest absolute Gasteiger partial charge is 0.326 e. The molecule has 0 saturated carbocycles. The number of rotatable bonds is 4. The van der Waals surface area contributed by atoms with E-state index < -0.39 is 22.8 Å². The third-order valence-electron chi connectivity index (χ3n) is 4.18. The number of carbonyl (C=O) groups excluding carboxylic acids is 1. The van der Waals surface area contributed by atoms with Crippen molar-refractivity contribution < 1.29 is 19.6 Å². The maximum Gasteiger partial charge on any atom is 0.326 e. The van der Waals surface area contributed by atoms with Gasteiger partial charge in [0.2, 0.25) is 0 Å². The number of nitrogens with zero attached hydrogens (tertiary/aromatic N) is 4. The molecule has 130 valence electrons. The van der Waals surface area contributed by atoms with Gasteiger partial charge in [0.1, 0.15) is 11.7 Å². The molecule has 0 spiro atoms. The Bertz CT molecular complexity index is 831. The number of likely N-dealkylation sites (tertiary alicyclic amines) is 1.